The van der Waals surface area contributed by atoms with E-state index in [-0.39, 0.29) is 0 Å². The zero-order valence-electron chi connectivity index (χ0n) is 20.2. The molecule has 0 saturated carbocycles. The van der Waals surface area contributed by atoms with E-state index in [2.05, 4.69) is 21.4 Å². The molecule has 0 bridgehead atoms. The van der Waals surface area contributed by atoms with Crippen LogP contribution in [-0.2, 0) is 10.0 Å². The first kappa shape index (κ1) is 23.8. The summed E-state index contributed by atoms with van der Waals surface area (Å²) in [5.41, 5.74) is 6.62. The highest BCUT2D eigenvalue weighted by molar-refractivity contribution is 7.89. The highest BCUT2D eigenvalue weighted by Crippen LogP contribution is 2.32. The smallest absolute Gasteiger partial charge is 0.243 e. The number of nitriles is 1. The van der Waals surface area contributed by atoms with Crippen LogP contribution in [0, 0.1) is 25.2 Å². The van der Waals surface area contributed by atoms with Crippen LogP contribution in [0.25, 0.3) is 23.1 Å². The van der Waals surface area contributed by atoms with Gasteiger partial charge in [0.15, 0.2) is 0 Å². The van der Waals surface area contributed by atoms with Crippen LogP contribution >= 0.6 is 0 Å². The molecule has 182 valence electrons. The Labute approximate surface area is 211 Å². The van der Waals surface area contributed by atoms with E-state index >= 15 is 0 Å². The molecule has 0 aliphatic carbocycles. The van der Waals surface area contributed by atoms with Gasteiger partial charge in [0.2, 0.25) is 10.0 Å². The summed E-state index contributed by atoms with van der Waals surface area (Å²) in [4.78, 5) is 7.94. The number of nitrogens with one attached hydrogen (secondary N) is 2. The molecule has 36 heavy (non-hydrogen) atoms. The summed E-state index contributed by atoms with van der Waals surface area (Å²) >= 11 is 0. The lowest BCUT2D eigenvalue weighted by Gasteiger charge is -2.16. The second-order valence-corrected chi connectivity index (χ2v) is 10.9. The van der Waals surface area contributed by atoms with Crippen molar-refractivity contribution in [3.8, 4) is 6.07 Å². The molecule has 4 aromatic rings. The Morgan fingerprint density at radius 1 is 1.06 bits per heavy atom. The van der Waals surface area contributed by atoms with E-state index in [1.807, 2.05) is 50.4 Å². The zero-order valence-corrected chi connectivity index (χ0v) is 21.1. The van der Waals surface area contributed by atoms with Crippen molar-refractivity contribution in [2.24, 2.45) is 0 Å². The van der Waals surface area contributed by atoms with Crippen molar-refractivity contribution in [1.82, 2.24) is 14.3 Å². The van der Waals surface area contributed by atoms with Crippen LogP contribution in [0.1, 0.15) is 40.8 Å². The van der Waals surface area contributed by atoms with Crippen LogP contribution in [-0.4, -0.2) is 35.8 Å². The van der Waals surface area contributed by atoms with Crippen LogP contribution in [0.15, 0.2) is 59.8 Å². The minimum Gasteiger partial charge on any atom is -0.361 e. The molecule has 0 amide bonds. The molecule has 8 heteroatoms. The lowest BCUT2D eigenvalue weighted by Crippen LogP contribution is -2.27. The third kappa shape index (κ3) is 4.39. The van der Waals surface area contributed by atoms with Gasteiger partial charge in [-0.2, -0.15) is 9.57 Å². The van der Waals surface area contributed by atoms with E-state index in [1.54, 1.807) is 34.8 Å². The first-order chi connectivity index (χ1) is 17.4. The minimum absolute atomic E-state index is 0.309. The molecule has 0 spiro atoms. The number of benzene rings is 2. The highest BCUT2D eigenvalue weighted by Gasteiger charge is 2.26. The average Bonchev–Trinajstić information content (AvgIpc) is 3.59. The van der Waals surface area contributed by atoms with Gasteiger partial charge in [-0.3, -0.25) is 4.98 Å². The topological polar surface area (TPSA) is 102 Å². The molecule has 7 nitrogen and oxygen atoms in total. The standard InChI is InChI=1S/C28H27N5O2S/c1-19-24-13-14-30-27(24)12-11-26(19)32-28-22(17-29)18-31-20(2)25(28)10-7-21-5-8-23(9-6-21)36(34,35)33-15-3-4-16-33/h5-14,18,30H,3-4,15-16H2,1-2H3,(H,31,32). The lowest BCUT2D eigenvalue weighted by molar-refractivity contribution is 0.477. The number of pyridine rings is 1. The summed E-state index contributed by atoms with van der Waals surface area (Å²) in [6.45, 7) is 5.11. The number of fused-ring (bicyclic) bond motifs is 1. The van der Waals surface area contributed by atoms with Crippen LogP contribution in [0.5, 0.6) is 0 Å². The molecule has 5 rings (SSSR count). The normalized spacial score (nSPS) is 14.5. The summed E-state index contributed by atoms with van der Waals surface area (Å²) in [7, 11) is -3.44. The van der Waals surface area contributed by atoms with Gasteiger partial charge < -0.3 is 10.3 Å². The Morgan fingerprint density at radius 3 is 2.53 bits per heavy atom. The molecule has 2 aromatic heterocycles. The summed E-state index contributed by atoms with van der Waals surface area (Å²) in [5, 5.41) is 14.4. The van der Waals surface area contributed by atoms with Gasteiger partial charge in [0.1, 0.15) is 6.07 Å². The van der Waals surface area contributed by atoms with Gasteiger partial charge in [0.25, 0.3) is 0 Å². The number of anilines is 2. The Balaban J connectivity index is 1.47. The Kier molecular flexibility index (Phi) is 6.35. The van der Waals surface area contributed by atoms with E-state index in [4.69, 9.17) is 0 Å². The number of hydrogen-bond acceptors (Lipinski definition) is 5. The van der Waals surface area contributed by atoms with Gasteiger partial charge in [-0.15, -0.1) is 0 Å². The third-order valence-corrected chi connectivity index (χ3v) is 8.64. The van der Waals surface area contributed by atoms with Crippen LogP contribution < -0.4 is 5.32 Å². The van der Waals surface area contributed by atoms with Crippen molar-refractivity contribution in [3.05, 3.63) is 82.8 Å². The third-order valence-electron chi connectivity index (χ3n) is 6.72. The number of sulfonamides is 1. The van der Waals surface area contributed by atoms with Gasteiger partial charge in [-0.1, -0.05) is 24.3 Å². The van der Waals surface area contributed by atoms with Gasteiger partial charge in [0, 0.05) is 53.3 Å². The summed E-state index contributed by atoms with van der Waals surface area (Å²) in [5.74, 6) is 0. The fourth-order valence-corrected chi connectivity index (χ4v) is 6.12. The molecule has 0 unspecified atom stereocenters. The van der Waals surface area contributed by atoms with Crippen LogP contribution in [0.3, 0.4) is 0 Å². The molecule has 1 aliphatic rings. The molecule has 0 radical (unpaired) electrons. The van der Waals surface area contributed by atoms with Crippen LogP contribution in [0.4, 0.5) is 11.4 Å². The van der Waals surface area contributed by atoms with Gasteiger partial charge in [-0.25, -0.2) is 8.42 Å². The second kappa shape index (κ2) is 9.61. The summed E-state index contributed by atoms with van der Waals surface area (Å²) in [6.07, 6.45) is 9.13. The van der Waals surface area contributed by atoms with Crippen LogP contribution in [0.2, 0.25) is 0 Å². The van der Waals surface area contributed by atoms with E-state index in [1.165, 1.54) is 0 Å². The molecule has 0 atom stereocenters. The highest BCUT2D eigenvalue weighted by atomic mass is 32.2. The first-order valence-electron chi connectivity index (χ1n) is 11.9. The molecule has 2 aromatic carbocycles. The lowest BCUT2D eigenvalue weighted by atomic mass is 10.0. The number of H-pyrrole nitrogens is 1. The predicted molar refractivity (Wildman–Crippen MR) is 143 cm³/mol. The fraction of sp³-hybridized carbons (Fsp3) is 0.214. The van der Waals surface area contributed by atoms with E-state index in [9.17, 15) is 13.7 Å². The number of aromatic amines is 1. The maximum atomic E-state index is 12.8. The van der Waals surface area contributed by atoms with Gasteiger partial charge in [0.05, 0.1) is 16.1 Å². The Hall–Kier alpha value is -3.93. The number of nitrogens with zero attached hydrogens (tertiary/aromatic N) is 3. The quantitative estimate of drug-likeness (QED) is 0.353. The maximum Gasteiger partial charge on any atom is 0.243 e. The Morgan fingerprint density at radius 2 is 1.81 bits per heavy atom. The first-order valence-corrected chi connectivity index (χ1v) is 13.3. The number of aryl methyl sites for hydroxylation is 2. The van der Waals surface area contributed by atoms with E-state index < -0.39 is 10.0 Å². The second-order valence-electron chi connectivity index (χ2n) is 8.97. The minimum atomic E-state index is -3.44. The molecule has 1 saturated heterocycles. The van der Waals surface area contributed by atoms with Crippen molar-refractivity contribution in [3.63, 3.8) is 0 Å². The van der Waals surface area contributed by atoms with Crippen molar-refractivity contribution >= 4 is 44.5 Å². The van der Waals surface area contributed by atoms with E-state index in [0.717, 1.165) is 51.8 Å². The van der Waals surface area contributed by atoms with Crippen molar-refractivity contribution < 1.29 is 8.42 Å². The van der Waals surface area contributed by atoms with Crippen molar-refractivity contribution in [1.29, 1.82) is 5.26 Å². The molecular weight excluding hydrogens is 470 g/mol. The Bertz CT molecular complexity index is 1610. The molecule has 2 N–H and O–H groups in total. The SMILES string of the molecule is Cc1ncc(C#N)c(Nc2ccc3[nH]ccc3c2C)c1C=Cc1ccc(S(=O)(=O)N2CCCC2)cc1. The molecule has 1 fully saturated rings. The fourth-order valence-electron chi connectivity index (χ4n) is 4.61. The average molecular weight is 498 g/mol. The van der Waals surface area contributed by atoms with Gasteiger partial charge in [-0.05, 0) is 68.1 Å². The number of aromatic nitrogens is 2. The molecule has 3 heterocycles. The summed E-state index contributed by atoms with van der Waals surface area (Å²) < 4.78 is 27.2. The predicted octanol–water partition coefficient (Wildman–Crippen LogP) is 5.75. The number of hydrogen-bond donors (Lipinski definition) is 2. The van der Waals surface area contributed by atoms with Crippen molar-refractivity contribution in [2.75, 3.05) is 18.4 Å². The molecule has 1 aliphatic heterocycles. The van der Waals surface area contributed by atoms with Crippen molar-refractivity contribution in [2.45, 2.75) is 31.6 Å². The maximum absolute atomic E-state index is 12.8. The van der Waals surface area contributed by atoms with Gasteiger partial charge >= 0.3 is 0 Å². The largest absolute Gasteiger partial charge is 0.361 e. The molecular formula is C28H27N5O2S. The summed E-state index contributed by atoms with van der Waals surface area (Å²) in [6, 6.07) is 15.2. The zero-order chi connectivity index (χ0) is 25.3. The van der Waals surface area contributed by atoms with E-state index in [0.29, 0.717) is 29.2 Å². The number of rotatable bonds is 6. The monoisotopic (exact) mass is 497 g/mol.